The molecular weight excluding hydrogens is 326 g/mol. The first-order chi connectivity index (χ1) is 8.04. The summed E-state index contributed by atoms with van der Waals surface area (Å²) in [6, 6.07) is 3.31. The van der Waals surface area contributed by atoms with Crippen LogP contribution in [0.1, 0.15) is 12.8 Å². The second kappa shape index (κ2) is 5.17. The monoisotopic (exact) mass is 337 g/mol. The van der Waals surface area contributed by atoms with E-state index in [9.17, 15) is 13.2 Å². The van der Waals surface area contributed by atoms with Gasteiger partial charge in [-0.15, -0.1) is 11.3 Å². The molecule has 1 aliphatic rings. The van der Waals surface area contributed by atoms with Crippen LogP contribution in [0, 0.1) is 5.92 Å². The summed E-state index contributed by atoms with van der Waals surface area (Å²) in [5.74, 6) is -0.165. The number of carbonyl (C=O) groups excluding carboxylic acids is 1. The highest BCUT2D eigenvalue weighted by Gasteiger charge is 2.30. The standard InChI is InChI=1S/C10H12BrNO3S2/c11-9-3-4-10(16-9)17(14,15)12-5-1-2-8(6-12)7-13/h3-4,7-8H,1-2,5-6H2. The van der Waals surface area contributed by atoms with Gasteiger partial charge in [-0.25, -0.2) is 8.42 Å². The third-order valence-corrected chi connectivity index (χ3v) is 6.71. The minimum Gasteiger partial charge on any atom is -0.303 e. The molecule has 1 fully saturated rings. The van der Waals surface area contributed by atoms with Gasteiger partial charge in [0.1, 0.15) is 10.5 Å². The molecule has 1 saturated heterocycles. The van der Waals surface area contributed by atoms with Gasteiger partial charge >= 0.3 is 0 Å². The highest BCUT2D eigenvalue weighted by atomic mass is 79.9. The van der Waals surface area contributed by atoms with Crippen molar-refractivity contribution in [1.82, 2.24) is 4.31 Å². The highest BCUT2D eigenvalue weighted by Crippen LogP contribution is 2.30. The fourth-order valence-corrected chi connectivity index (χ4v) is 5.57. The van der Waals surface area contributed by atoms with Gasteiger partial charge in [0, 0.05) is 19.0 Å². The van der Waals surface area contributed by atoms with E-state index in [0.29, 0.717) is 17.3 Å². The lowest BCUT2D eigenvalue weighted by Crippen LogP contribution is -2.40. The maximum absolute atomic E-state index is 12.3. The van der Waals surface area contributed by atoms with Gasteiger partial charge in [0.05, 0.1) is 3.79 Å². The number of aldehydes is 1. The van der Waals surface area contributed by atoms with Crippen molar-refractivity contribution in [3.8, 4) is 0 Å². The Labute approximate surface area is 113 Å². The number of nitrogens with zero attached hydrogens (tertiary/aromatic N) is 1. The third-order valence-electron chi connectivity index (χ3n) is 2.76. The van der Waals surface area contributed by atoms with E-state index in [-0.39, 0.29) is 5.92 Å². The summed E-state index contributed by atoms with van der Waals surface area (Å²) in [4.78, 5) is 10.7. The Bertz CT molecular complexity index is 511. The largest absolute Gasteiger partial charge is 0.303 e. The summed E-state index contributed by atoms with van der Waals surface area (Å²) in [6.07, 6.45) is 2.38. The second-order valence-electron chi connectivity index (χ2n) is 3.96. The Kier molecular flexibility index (Phi) is 4.02. The van der Waals surface area contributed by atoms with Crippen molar-refractivity contribution in [2.45, 2.75) is 17.1 Å². The number of carbonyl (C=O) groups is 1. The van der Waals surface area contributed by atoms with Gasteiger partial charge in [0.2, 0.25) is 0 Å². The Morgan fingerprint density at radius 2 is 2.24 bits per heavy atom. The first kappa shape index (κ1) is 13.2. The second-order valence-corrected chi connectivity index (χ2v) is 8.59. The SMILES string of the molecule is O=CC1CCCN(S(=O)(=O)c2ccc(Br)s2)C1. The van der Waals surface area contributed by atoms with Crippen LogP contribution >= 0.6 is 27.3 Å². The van der Waals surface area contributed by atoms with E-state index in [2.05, 4.69) is 15.9 Å². The summed E-state index contributed by atoms with van der Waals surface area (Å²) in [7, 11) is -3.42. The molecule has 0 saturated carbocycles. The third kappa shape index (κ3) is 2.78. The zero-order valence-corrected chi connectivity index (χ0v) is 12.2. The average Bonchev–Trinajstić information content (AvgIpc) is 2.76. The lowest BCUT2D eigenvalue weighted by molar-refractivity contribution is -0.112. The van der Waals surface area contributed by atoms with Crippen molar-refractivity contribution in [2.75, 3.05) is 13.1 Å². The molecule has 2 heterocycles. The summed E-state index contributed by atoms with van der Waals surface area (Å²) < 4.78 is 27.1. The van der Waals surface area contributed by atoms with E-state index in [1.807, 2.05) is 0 Å². The van der Waals surface area contributed by atoms with Crippen LogP contribution in [0.15, 0.2) is 20.1 Å². The molecule has 0 radical (unpaired) electrons. The molecule has 1 aromatic rings. The Hall–Kier alpha value is -0.240. The first-order valence-corrected chi connectivity index (χ1v) is 8.30. The fraction of sp³-hybridized carbons (Fsp3) is 0.500. The molecule has 7 heteroatoms. The fourth-order valence-electron chi connectivity index (χ4n) is 1.87. The lowest BCUT2D eigenvalue weighted by atomic mass is 10.0. The minimum atomic E-state index is -3.42. The molecule has 1 aromatic heterocycles. The normalized spacial score (nSPS) is 22.5. The van der Waals surface area contributed by atoms with Crippen LogP contribution in [0.3, 0.4) is 0 Å². The highest BCUT2D eigenvalue weighted by molar-refractivity contribution is 9.11. The molecule has 0 aliphatic carbocycles. The zero-order valence-electron chi connectivity index (χ0n) is 9.00. The molecule has 4 nitrogen and oxygen atoms in total. The van der Waals surface area contributed by atoms with Gasteiger partial charge in [0.15, 0.2) is 0 Å². The molecule has 94 valence electrons. The van der Waals surface area contributed by atoms with Gasteiger partial charge in [-0.1, -0.05) is 0 Å². The van der Waals surface area contributed by atoms with Crippen molar-refractivity contribution < 1.29 is 13.2 Å². The number of thiophene rings is 1. The molecule has 0 bridgehead atoms. The number of piperidine rings is 1. The van der Waals surface area contributed by atoms with Crippen LogP contribution in [0.5, 0.6) is 0 Å². The zero-order chi connectivity index (χ0) is 12.5. The number of hydrogen-bond acceptors (Lipinski definition) is 4. The van der Waals surface area contributed by atoms with Gasteiger partial charge in [-0.2, -0.15) is 4.31 Å². The molecule has 0 aromatic carbocycles. The topological polar surface area (TPSA) is 54.5 Å². The van der Waals surface area contributed by atoms with Crippen LogP contribution in [0.25, 0.3) is 0 Å². The first-order valence-electron chi connectivity index (χ1n) is 5.25. The maximum Gasteiger partial charge on any atom is 0.252 e. The Morgan fingerprint density at radius 3 is 2.82 bits per heavy atom. The van der Waals surface area contributed by atoms with E-state index < -0.39 is 10.0 Å². The molecule has 1 aliphatic heterocycles. The maximum atomic E-state index is 12.3. The summed E-state index contributed by atoms with van der Waals surface area (Å²) >= 11 is 4.45. The molecule has 2 rings (SSSR count). The molecule has 1 unspecified atom stereocenters. The van der Waals surface area contributed by atoms with Crippen LogP contribution in [0.2, 0.25) is 0 Å². The number of sulfonamides is 1. The van der Waals surface area contributed by atoms with Crippen molar-refractivity contribution in [1.29, 1.82) is 0 Å². The quantitative estimate of drug-likeness (QED) is 0.793. The molecule has 17 heavy (non-hydrogen) atoms. The molecule has 0 amide bonds. The van der Waals surface area contributed by atoms with E-state index >= 15 is 0 Å². The molecular formula is C10H12BrNO3S2. The van der Waals surface area contributed by atoms with Crippen LogP contribution in [0.4, 0.5) is 0 Å². The van der Waals surface area contributed by atoms with Crippen LogP contribution < -0.4 is 0 Å². The minimum absolute atomic E-state index is 0.165. The van der Waals surface area contributed by atoms with Crippen molar-refractivity contribution in [3.05, 3.63) is 15.9 Å². The van der Waals surface area contributed by atoms with Crippen molar-refractivity contribution >= 4 is 43.6 Å². The number of rotatable bonds is 3. The number of hydrogen-bond donors (Lipinski definition) is 0. The van der Waals surface area contributed by atoms with E-state index in [4.69, 9.17) is 0 Å². The predicted octanol–water partition coefficient (Wildman–Crippen LogP) is 2.11. The van der Waals surface area contributed by atoms with E-state index in [0.717, 1.165) is 22.9 Å². The lowest BCUT2D eigenvalue weighted by Gasteiger charge is -2.28. The van der Waals surface area contributed by atoms with Gasteiger partial charge < -0.3 is 4.79 Å². The number of halogens is 1. The van der Waals surface area contributed by atoms with E-state index in [1.54, 1.807) is 12.1 Å². The molecule has 1 atom stereocenters. The summed E-state index contributed by atoms with van der Waals surface area (Å²) in [6.45, 7) is 0.809. The molecule has 0 N–H and O–H groups in total. The summed E-state index contributed by atoms with van der Waals surface area (Å²) in [5.41, 5.74) is 0. The van der Waals surface area contributed by atoms with Gasteiger partial charge in [-0.3, -0.25) is 0 Å². The molecule has 0 spiro atoms. The Balaban J connectivity index is 2.23. The van der Waals surface area contributed by atoms with E-state index in [1.165, 1.54) is 15.6 Å². The van der Waals surface area contributed by atoms with Crippen molar-refractivity contribution in [2.24, 2.45) is 5.92 Å². The van der Waals surface area contributed by atoms with Gasteiger partial charge in [-0.05, 0) is 40.9 Å². The van der Waals surface area contributed by atoms with Crippen LogP contribution in [-0.4, -0.2) is 32.1 Å². The Morgan fingerprint density at radius 1 is 1.47 bits per heavy atom. The predicted molar refractivity (Wildman–Crippen MR) is 69.6 cm³/mol. The van der Waals surface area contributed by atoms with Gasteiger partial charge in [0.25, 0.3) is 10.0 Å². The average molecular weight is 338 g/mol. The van der Waals surface area contributed by atoms with Crippen molar-refractivity contribution in [3.63, 3.8) is 0 Å². The summed E-state index contributed by atoms with van der Waals surface area (Å²) in [5, 5.41) is 0. The smallest absolute Gasteiger partial charge is 0.252 e. The van der Waals surface area contributed by atoms with Crippen LogP contribution in [-0.2, 0) is 14.8 Å².